The monoisotopic (exact) mass is 396 g/mol. The van der Waals surface area contributed by atoms with E-state index in [-0.39, 0.29) is 5.41 Å². The van der Waals surface area contributed by atoms with E-state index < -0.39 is 0 Å². The second-order valence-corrected chi connectivity index (χ2v) is 8.32. The maximum Gasteiger partial charge on any atom is 0.150 e. The van der Waals surface area contributed by atoms with Crippen molar-refractivity contribution in [2.45, 2.75) is 26.2 Å². The molecule has 0 spiro atoms. The molecule has 0 aliphatic heterocycles. The molecule has 0 saturated heterocycles. The van der Waals surface area contributed by atoms with Crippen LogP contribution in [0.15, 0.2) is 66.7 Å². The molecule has 3 aromatic rings. The fourth-order valence-electron chi connectivity index (χ4n) is 3.11. The lowest BCUT2D eigenvalue weighted by molar-refractivity contribution is 0.112. The van der Waals surface area contributed by atoms with Gasteiger partial charge in [0.15, 0.2) is 0 Å². The Morgan fingerprint density at radius 1 is 0.667 bits per heavy atom. The van der Waals surface area contributed by atoms with Crippen LogP contribution in [0.1, 0.15) is 58.9 Å². The molecule has 0 unspecified atom stereocenters. The molecule has 0 aliphatic carbocycles. The van der Waals surface area contributed by atoms with Gasteiger partial charge in [0.05, 0.1) is 7.11 Å². The second-order valence-electron chi connectivity index (χ2n) is 8.32. The van der Waals surface area contributed by atoms with Gasteiger partial charge in [0.2, 0.25) is 0 Å². The number of carbonyl (C=O) groups excluding carboxylic acids is 1. The summed E-state index contributed by atoms with van der Waals surface area (Å²) in [7, 11) is 1.71. The SMILES string of the molecule is COc1ccc(C(C)(C)C)cc1/C=C/c1ccc(/C=C/c2ccc(C=O)cc2)cc1. The van der Waals surface area contributed by atoms with E-state index in [1.807, 2.05) is 36.4 Å². The van der Waals surface area contributed by atoms with Crippen LogP contribution < -0.4 is 4.74 Å². The van der Waals surface area contributed by atoms with Crippen molar-refractivity contribution in [1.29, 1.82) is 0 Å². The van der Waals surface area contributed by atoms with Crippen LogP contribution in [0.25, 0.3) is 24.3 Å². The van der Waals surface area contributed by atoms with Gasteiger partial charge in [-0.3, -0.25) is 4.79 Å². The highest BCUT2D eigenvalue weighted by molar-refractivity contribution is 5.77. The zero-order valence-corrected chi connectivity index (χ0v) is 18.1. The second kappa shape index (κ2) is 9.41. The van der Waals surface area contributed by atoms with Gasteiger partial charge in [-0.15, -0.1) is 0 Å². The Balaban J connectivity index is 1.74. The van der Waals surface area contributed by atoms with Gasteiger partial charge in [0, 0.05) is 11.1 Å². The summed E-state index contributed by atoms with van der Waals surface area (Å²) in [6.07, 6.45) is 9.18. The van der Waals surface area contributed by atoms with E-state index >= 15 is 0 Å². The summed E-state index contributed by atoms with van der Waals surface area (Å²) in [4.78, 5) is 10.7. The molecule has 0 bridgehead atoms. The predicted octanol–water partition coefficient (Wildman–Crippen LogP) is 7.15. The van der Waals surface area contributed by atoms with E-state index in [0.29, 0.717) is 5.56 Å². The number of aldehydes is 1. The van der Waals surface area contributed by atoms with Crippen molar-refractivity contribution >= 4 is 30.6 Å². The maximum atomic E-state index is 10.7. The van der Waals surface area contributed by atoms with Crippen molar-refractivity contribution in [1.82, 2.24) is 0 Å². The molecule has 152 valence electrons. The predicted molar refractivity (Wildman–Crippen MR) is 128 cm³/mol. The molecule has 0 fully saturated rings. The highest BCUT2D eigenvalue weighted by Gasteiger charge is 2.15. The lowest BCUT2D eigenvalue weighted by Crippen LogP contribution is -2.11. The van der Waals surface area contributed by atoms with Gasteiger partial charge >= 0.3 is 0 Å². The number of benzene rings is 3. The molecule has 2 nitrogen and oxygen atoms in total. The molecule has 0 amide bonds. The van der Waals surface area contributed by atoms with Gasteiger partial charge in [0.1, 0.15) is 12.0 Å². The average Bonchev–Trinajstić information content (AvgIpc) is 2.76. The molecular formula is C28H28O2. The first-order chi connectivity index (χ1) is 14.4. The molecule has 0 N–H and O–H groups in total. The lowest BCUT2D eigenvalue weighted by atomic mass is 9.86. The minimum Gasteiger partial charge on any atom is -0.496 e. The van der Waals surface area contributed by atoms with E-state index in [1.165, 1.54) is 5.56 Å². The Kier molecular flexibility index (Phi) is 6.68. The third-order valence-corrected chi connectivity index (χ3v) is 5.03. The van der Waals surface area contributed by atoms with Crippen molar-refractivity contribution in [2.75, 3.05) is 7.11 Å². The molecule has 0 aliphatic rings. The fraction of sp³-hybridized carbons (Fsp3) is 0.179. The third-order valence-electron chi connectivity index (χ3n) is 5.03. The standard InChI is InChI=1S/C28H28O2/c1-28(2,3)26-17-18-27(30-4)25(19-26)16-15-23-9-7-21(8-10-23)5-6-22-11-13-24(20-29)14-12-22/h5-20H,1-4H3/b6-5+,16-15+. The molecule has 30 heavy (non-hydrogen) atoms. The first-order valence-electron chi connectivity index (χ1n) is 10.1. The van der Waals surface area contributed by atoms with Crippen molar-refractivity contribution in [2.24, 2.45) is 0 Å². The molecule has 3 aromatic carbocycles. The molecule has 0 heterocycles. The van der Waals surface area contributed by atoms with Crippen LogP contribution in [0, 0.1) is 0 Å². The third kappa shape index (κ3) is 5.57. The molecular weight excluding hydrogens is 368 g/mol. The smallest absolute Gasteiger partial charge is 0.150 e. The first-order valence-corrected chi connectivity index (χ1v) is 10.1. The summed E-state index contributed by atoms with van der Waals surface area (Å²) >= 11 is 0. The van der Waals surface area contributed by atoms with Gasteiger partial charge in [-0.05, 0) is 39.8 Å². The Morgan fingerprint density at radius 2 is 1.13 bits per heavy atom. The van der Waals surface area contributed by atoms with Gasteiger partial charge in [0.25, 0.3) is 0 Å². The molecule has 2 heteroatoms. The first kappa shape index (κ1) is 21.3. The van der Waals surface area contributed by atoms with Crippen molar-refractivity contribution in [3.63, 3.8) is 0 Å². The summed E-state index contributed by atoms with van der Waals surface area (Å²) in [6, 6.07) is 22.3. The Hall–Kier alpha value is -3.39. The number of hydrogen-bond acceptors (Lipinski definition) is 2. The molecule has 3 rings (SSSR count). The largest absolute Gasteiger partial charge is 0.496 e. The topological polar surface area (TPSA) is 26.3 Å². The molecule has 0 atom stereocenters. The zero-order chi connectivity index (χ0) is 21.6. The molecule has 0 saturated carbocycles. The lowest BCUT2D eigenvalue weighted by Gasteiger charge is -2.20. The Bertz CT molecular complexity index is 1050. The number of carbonyl (C=O) groups is 1. The van der Waals surface area contributed by atoms with Gasteiger partial charge < -0.3 is 4.74 Å². The van der Waals surface area contributed by atoms with Crippen molar-refractivity contribution in [3.05, 3.63) is 100 Å². The summed E-state index contributed by atoms with van der Waals surface area (Å²) in [6.45, 7) is 6.64. The molecule has 0 aromatic heterocycles. The fourth-order valence-corrected chi connectivity index (χ4v) is 3.11. The van der Waals surface area contributed by atoms with E-state index in [2.05, 4.69) is 75.4 Å². The van der Waals surface area contributed by atoms with Crippen molar-refractivity contribution in [3.8, 4) is 5.75 Å². The zero-order valence-electron chi connectivity index (χ0n) is 18.1. The number of ether oxygens (including phenoxy) is 1. The number of methoxy groups -OCH3 is 1. The highest BCUT2D eigenvalue weighted by atomic mass is 16.5. The molecule has 0 radical (unpaired) electrons. The van der Waals surface area contributed by atoms with Crippen LogP contribution in [0.2, 0.25) is 0 Å². The summed E-state index contributed by atoms with van der Waals surface area (Å²) in [5.41, 5.74) is 6.46. The number of rotatable bonds is 6. The van der Waals surface area contributed by atoms with E-state index in [4.69, 9.17) is 4.74 Å². The summed E-state index contributed by atoms with van der Waals surface area (Å²) in [5, 5.41) is 0. The normalized spacial score (nSPS) is 11.9. The quantitative estimate of drug-likeness (QED) is 0.327. The van der Waals surface area contributed by atoms with Crippen LogP contribution in [0.4, 0.5) is 0 Å². The van der Waals surface area contributed by atoms with Crippen LogP contribution in [-0.2, 0) is 5.41 Å². The van der Waals surface area contributed by atoms with E-state index in [9.17, 15) is 4.79 Å². The van der Waals surface area contributed by atoms with Crippen molar-refractivity contribution < 1.29 is 9.53 Å². The average molecular weight is 397 g/mol. The Labute approximate surface area is 179 Å². The summed E-state index contributed by atoms with van der Waals surface area (Å²) in [5.74, 6) is 0.874. The van der Waals surface area contributed by atoms with Crippen LogP contribution >= 0.6 is 0 Å². The number of hydrogen-bond donors (Lipinski definition) is 0. The summed E-state index contributed by atoms with van der Waals surface area (Å²) < 4.78 is 5.53. The van der Waals surface area contributed by atoms with Gasteiger partial charge in [-0.25, -0.2) is 0 Å². The van der Waals surface area contributed by atoms with E-state index in [1.54, 1.807) is 7.11 Å². The Morgan fingerprint density at radius 3 is 1.57 bits per heavy atom. The van der Waals surface area contributed by atoms with Gasteiger partial charge in [-0.1, -0.05) is 99.7 Å². The van der Waals surface area contributed by atoms with E-state index in [0.717, 1.165) is 34.3 Å². The minimum atomic E-state index is 0.0937. The highest BCUT2D eigenvalue weighted by Crippen LogP contribution is 2.29. The minimum absolute atomic E-state index is 0.0937. The maximum absolute atomic E-state index is 10.7. The van der Waals surface area contributed by atoms with Crippen LogP contribution in [0.5, 0.6) is 5.75 Å². The van der Waals surface area contributed by atoms with Crippen LogP contribution in [-0.4, -0.2) is 13.4 Å². The van der Waals surface area contributed by atoms with Gasteiger partial charge in [-0.2, -0.15) is 0 Å². The van der Waals surface area contributed by atoms with Crippen LogP contribution in [0.3, 0.4) is 0 Å².